The Bertz CT molecular complexity index is 417. The van der Waals surface area contributed by atoms with E-state index >= 15 is 0 Å². The largest absolute Gasteiger partial charge is 0.338 e. The van der Waals surface area contributed by atoms with E-state index in [0.29, 0.717) is 12.1 Å². The molecule has 5 nitrogen and oxygen atoms in total. The molecular weight excluding hydrogens is 262 g/mol. The maximum Gasteiger partial charge on any atom is 0.108 e. The molecule has 1 aliphatic rings. The van der Waals surface area contributed by atoms with E-state index in [1.54, 1.807) is 0 Å². The van der Waals surface area contributed by atoms with Crippen molar-refractivity contribution in [1.82, 2.24) is 24.7 Å². The Morgan fingerprint density at radius 1 is 1.33 bits per heavy atom. The van der Waals surface area contributed by atoms with Crippen molar-refractivity contribution in [3.63, 3.8) is 0 Å². The minimum Gasteiger partial charge on any atom is -0.338 e. The van der Waals surface area contributed by atoms with Gasteiger partial charge in [-0.1, -0.05) is 6.92 Å². The zero-order chi connectivity index (χ0) is 15.2. The molecule has 2 unspecified atom stereocenters. The number of nitrogens with zero attached hydrogens (tertiary/aromatic N) is 4. The molecule has 1 aromatic heterocycles. The molecule has 2 atom stereocenters. The molecule has 1 fully saturated rings. The molecular formula is C16H31N5. The normalized spacial score (nSPS) is 22.6. The second-order valence-electron chi connectivity index (χ2n) is 6.36. The topological polar surface area (TPSA) is 36.3 Å². The lowest BCUT2D eigenvalue weighted by Gasteiger charge is -2.42. The molecule has 2 rings (SSSR count). The summed E-state index contributed by atoms with van der Waals surface area (Å²) in [6.45, 7) is 6.82. The third-order valence-electron chi connectivity index (χ3n) is 4.62. The van der Waals surface area contributed by atoms with Crippen LogP contribution in [0.2, 0.25) is 0 Å². The fourth-order valence-electron chi connectivity index (χ4n) is 3.16. The van der Waals surface area contributed by atoms with Gasteiger partial charge < -0.3 is 14.8 Å². The van der Waals surface area contributed by atoms with Gasteiger partial charge in [-0.2, -0.15) is 0 Å². The number of hydrogen-bond donors (Lipinski definition) is 1. The molecule has 1 aromatic rings. The molecule has 0 aliphatic carbocycles. The van der Waals surface area contributed by atoms with Crippen molar-refractivity contribution in [2.24, 2.45) is 7.05 Å². The van der Waals surface area contributed by atoms with Gasteiger partial charge in [-0.3, -0.25) is 4.90 Å². The van der Waals surface area contributed by atoms with Gasteiger partial charge in [-0.05, 0) is 33.5 Å². The monoisotopic (exact) mass is 293 g/mol. The molecule has 1 N–H and O–H groups in total. The van der Waals surface area contributed by atoms with Crippen LogP contribution in [0.15, 0.2) is 12.4 Å². The van der Waals surface area contributed by atoms with E-state index in [0.717, 1.165) is 32.5 Å². The van der Waals surface area contributed by atoms with E-state index in [-0.39, 0.29) is 0 Å². The van der Waals surface area contributed by atoms with Gasteiger partial charge in [0, 0.05) is 57.6 Å². The van der Waals surface area contributed by atoms with Gasteiger partial charge >= 0.3 is 0 Å². The zero-order valence-electron chi connectivity index (χ0n) is 14.0. The first-order chi connectivity index (χ1) is 10.1. The van der Waals surface area contributed by atoms with Gasteiger partial charge in [0.25, 0.3) is 0 Å². The highest BCUT2D eigenvalue weighted by molar-refractivity contribution is 4.95. The van der Waals surface area contributed by atoms with E-state index in [4.69, 9.17) is 0 Å². The van der Waals surface area contributed by atoms with Crippen molar-refractivity contribution in [1.29, 1.82) is 0 Å². The third kappa shape index (κ3) is 4.53. The molecule has 0 radical (unpaired) electrons. The van der Waals surface area contributed by atoms with Crippen molar-refractivity contribution in [2.75, 3.05) is 40.3 Å². The van der Waals surface area contributed by atoms with Gasteiger partial charge in [0.05, 0.1) is 0 Å². The molecule has 21 heavy (non-hydrogen) atoms. The van der Waals surface area contributed by atoms with Crippen LogP contribution < -0.4 is 5.32 Å². The Kier molecular flexibility index (Phi) is 6.21. The second kappa shape index (κ2) is 7.92. The summed E-state index contributed by atoms with van der Waals surface area (Å²) in [6.07, 6.45) is 7.30. The number of rotatable bonds is 7. The SMILES string of the molecule is CCCNC(CCc1nccn1C)C1CN(C)CCN1C. The van der Waals surface area contributed by atoms with Crippen molar-refractivity contribution in [3.05, 3.63) is 18.2 Å². The summed E-state index contributed by atoms with van der Waals surface area (Å²) < 4.78 is 2.13. The van der Waals surface area contributed by atoms with Crippen LogP contribution >= 0.6 is 0 Å². The summed E-state index contributed by atoms with van der Waals surface area (Å²) >= 11 is 0. The van der Waals surface area contributed by atoms with E-state index in [2.05, 4.69) is 52.7 Å². The predicted octanol–water partition coefficient (Wildman–Crippen LogP) is 0.967. The van der Waals surface area contributed by atoms with Crippen LogP contribution in [0.3, 0.4) is 0 Å². The Hall–Kier alpha value is -0.910. The summed E-state index contributed by atoms with van der Waals surface area (Å²) in [6, 6.07) is 1.13. The number of aryl methyl sites for hydroxylation is 2. The van der Waals surface area contributed by atoms with Crippen LogP contribution in [0.25, 0.3) is 0 Å². The quantitative estimate of drug-likeness (QED) is 0.813. The minimum atomic E-state index is 0.536. The summed E-state index contributed by atoms with van der Waals surface area (Å²) in [5, 5.41) is 3.77. The molecule has 1 saturated heterocycles. The average Bonchev–Trinajstić information content (AvgIpc) is 2.87. The van der Waals surface area contributed by atoms with Crippen molar-refractivity contribution < 1.29 is 0 Å². The lowest BCUT2D eigenvalue weighted by atomic mass is 9.98. The van der Waals surface area contributed by atoms with Crippen LogP contribution in [-0.4, -0.2) is 71.7 Å². The summed E-state index contributed by atoms with van der Waals surface area (Å²) in [4.78, 5) is 9.43. The van der Waals surface area contributed by atoms with Gasteiger partial charge in [-0.25, -0.2) is 4.98 Å². The Morgan fingerprint density at radius 2 is 2.14 bits per heavy atom. The molecule has 1 aliphatic heterocycles. The highest BCUT2D eigenvalue weighted by atomic mass is 15.3. The summed E-state index contributed by atoms with van der Waals surface area (Å²) in [5.41, 5.74) is 0. The molecule has 120 valence electrons. The van der Waals surface area contributed by atoms with E-state index in [9.17, 15) is 0 Å². The number of nitrogens with one attached hydrogen (secondary N) is 1. The van der Waals surface area contributed by atoms with E-state index in [1.165, 1.54) is 18.8 Å². The number of piperazine rings is 1. The molecule has 0 spiro atoms. The smallest absolute Gasteiger partial charge is 0.108 e. The highest BCUT2D eigenvalue weighted by Gasteiger charge is 2.29. The Morgan fingerprint density at radius 3 is 2.81 bits per heavy atom. The first-order valence-corrected chi connectivity index (χ1v) is 8.20. The standard InChI is InChI=1S/C16H31N5/c1-5-8-17-14(6-7-16-18-9-10-21(16)4)15-13-19(2)11-12-20(15)3/h9-10,14-15,17H,5-8,11-13H2,1-4H3. The Labute approximate surface area is 129 Å². The number of likely N-dealkylation sites (N-methyl/N-ethyl adjacent to an activating group) is 2. The maximum atomic E-state index is 4.46. The lowest BCUT2D eigenvalue weighted by molar-refractivity contribution is 0.0851. The van der Waals surface area contributed by atoms with Crippen LogP contribution in [-0.2, 0) is 13.5 Å². The summed E-state index contributed by atoms with van der Waals surface area (Å²) in [7, 11) is 6.58. The Balaban J connectivity index is 1.97. The molecule has 2 heterocycles. The fourth-order valence-corrected chi connectivity index (χ4v) is 3.16. The second-order valence-corrected chi connectivity index (χ2v) is 6.36. The predicted molar refractivity (Wildman–Crippen MR) is 87.5 cm³/mol. The van der Waals surface area contributed by atoms with E-state index < -0.39 is 0 Å². The van der Waals surface area contributed by atoms with Gasteiger partial charge in [0.2, 0.25) is 0 Å². The van der Waals surface area contributed by atoms with Crippen LogP contribution in [0, 0.1) is 0 Å². The van der Waals surface area contributed by atoms with Crippen molar-refractivity contribution >= 4 is 0 Å². The molecule has 5 heteroatoms. The number of aromatic nitrogens is 2. The molecule has 0 aromatic carbocycles. The fraction of sp³-hybridized carbons (Fsp3) is 0.812. The van der Waals surface area contributed by atoms with Crippen LogP contribution in [0.4, 0.5) is 0 Å². The van der Waals surface area contributed by atoms with E-state index in [1.807, 2.05) is 12.4 Å². The molecule has 0 bridgehead atoms. The van der Waals surface area contributed by atoms with Gasteiger partial charge in [0.1, 0.15) is 5.82 Å². The molecule has 0 amide bonds. The third-order valence-corrected chi connectivity index (χ3v) is 4.62. The summed E-state index contributed by atoms with van der Waals surface area (Å²) in [5.74, 6) is 1.19. The minimum absolute atomic E-state index is 0.536. The first-order valence-electron chi connectivity index (χ1n) is 8.20. The molecule has 0 saturated carbocycles. The number of imidazole rings is 1. The first kappa shape index (κ1) is 16.5. The number of hydrogen-bond acceptors (Lipinski definition) is 4. The van der Waals surface area contributed by atoms with Crippen molar-refractivity contribution in [2.45, 2.75) is 38.3 Å². The van der Waals surface area contributed by atoms with Gasteiger partial charge in [0.15, 0.2) is 0 Å². The highest BCUT2D eigenvalue weighted by Crippen LogP contribution is 2.14. The van der Waals surface area contributed by atoms with Gasteiger partial charge in [-0.15, -0.1) is 0 Å². The zero-order valence-corrected chi connectivity index (χ0v) is 14.0. The van der Waals surface area contributed by atoms with Crippen LogP contribution in [0.1, 0.15) is 25.6 Å². The van der Waals surface area contributed by atoms with Crippen LogP contribution in [0.5, 0.6) is 0 Å². The lowest BCUT2D eigenvalue weighted by Crippen LogP contribution is -2.58. The van der Waals surface area contributed by atoms with Crippen molar-refractivity contribution in [3.8, 4) is 0 Å². The average molecular weight is 293 g/mol. The maximum absolute atomic E-state index is 4.46.